The lowest BCUT2D eigenvalue weighted by molar-refractivity contribution is 0.453. The van der Waals surface area contributed by atoms with Crippen LogP contribution in [-0.4, -0.2) is 28.4 Å². The molecule has 0 spiro atoms. The molecule has 0 saturated carbocycles. The molecule has 1 aromatic rings. The lowest BCUT2D eigenvalue weighted by Gasteiger charge is -2.20. The molecule has 76 valence electrons. The zero-order valence-electron chi connectivity index (χ0n) is 8.20. The molecule has 0 aliphatic carbocycles. The molecule has 3 heterocycles. The third-order valence-corrected chi connectivity index (χ3v) is 4.05. The number of fused-ring (bicyclic) bond motifs is 1. The highest BCUT2D eigenvalue weighted by atomic mass is 32.2. The van der Waals surface area contributed by atoms with Crippen LogP contribution >= 0.6 is 11.8 Å². The van der Waals surface area contributed by atoms with Gasteiger partial charge in [-0.15, -0.1) is 0 Å². The Kier molecular flexibility index (Phi) is 2.25. The first-order chi connectivity index (χ1) is 6.93. The summed E-state index contributed by atoms with van der Waals surface area (Å²) in [7, 11) is 0. The van der Waals surface area contributed by atoms with Crippen LogP contribution in [0.15, 0.2) is 11.4 Å². The maximum absolute atomic E-state index is 4.71. The molecule has 2 aliphatic rings. The first-order valence-electron chi connectivity index (χ1n) is 5.34. The molecule has 1 fully saturated rings. The second-order valence-corrected chi connectivity index (χ2v) is 5.08. The normalized spacial score (nSPS) is 22.6. The van der Waals surface area contributed by atoms with Gasteiger partial charge in [-0.1, -0.05) is 11.8 Å². The lowest BCUT2D eigenvalue weighted by Crippen LogP contribution is -2.26. The molecule has 1 N–H and O–H groups in total. The Hall–Kier alpha value is -0.480. The summed E-state index contributed by atoms with van der Waals surface area (Å²) < 4.78 is 2.31. The quantitative estimate of drug-likeness (QED) is 0.759. The molecule has 1 aromatic heterocycles. The van der Waals surface area contributed by atoms with E-state index in [1.54, 1.807) is 0 Å². The molecule has 1 saturated heterocycles. The Morgan fingerprint density at radius 2 is 2.29 bits per heavy atom. The molecule has 0 aromatic carbocycles. The van der Waals surface area contributed by atoms with E-state index in [-0.39, 0.29) is 0 Å². The molecule has 3 nitrogen and oxygen atoms in total. The molecular formula is C10H15N3S. The molecular weight excluding hydrogens is 194 g/mol. The van der Waals surface area contributed by atoms with E-state index in [0.29, 0.717) is 5.92 Å². The van der Waals surface area contributed by atoms with Crippen LogP contribution in [0.5, 0.6) is 0 Å². The van der Waals surface area contributed by atoms with Gasteiger partial charge >= 0.3 is 0 Å². The fourth-order valence-corrected chi connectivity index (χ4v) is 3.19. The summed E-state index contributed by atoms with van der Waals surface area (Å²) in [5.74, 6) is 1.91. The van der Waals surface area contributed by atoms with Crippen LogP contribution in [0.4, 0.5) is 0 Å². The standard InChI is InChI=1S/C10H15N3S/c1-3-11-4-2-8(1)9-7-13-5-6-14-10(13)12-9/h7-8,11H,1-6H2. The van der Waals surface area contributed by atoms with Crippen molar-refractivity contribution in [1.82, 2.24) is 14.9 Å². The molecule has 2 aliphatic heterocycles. The van der Waals surface area contributed by atoms with E-state index >= 15 is 0 Å². The lowest BCUT2D eigenvalue weighted by atomic mass is 9.95. The highest BCUT2D eigenvalue weighted by Gasteiger charge is 2.21. The maximum Gasteiger partial charge on any atom is 0.168 e. The van der Waals surface area contributed by atoms with Gasteiger partial charge in [0, 0.05) is 24.4 Å². The van der Waals surface area contributed by atoms with Crippen LogP contribution in [0.1, 0.15) is 24.5 Å². The molecule has 0 amide bonds. The fraction of sp³-hybridized carbons (Fsp3) is 0.700. The first-order valence-corrected chi connectivity index (χ1v) is 6.32. The molecule has 0 atom stereocenters. The molecule has 4 heteroatoms. The van der Waals surface area contributed by atoms with E-state index in [9.17, 15) is 0 Å². The second-order valence-electron chi connectivity index (χ2n) is 4.01. The van der Waals surface area contributed by atoms with Crippen LogP contribution in [-0.2, 0) is 6.54 Å². The Morgan fingerprint density at radius 3 is 3.07 bits per heavy atom. The summed E-state index contributed by atoms with van der Waals surface area (Å²) in [5.41, 5.74) is 1.33. The minimum absolute atomic E-state index is 0.704. The van der Waals surface area contributed by atoms with Crippen LogP contribution in [0, 0.1) is 0 Å². The van der Waals surface area contributed by atoms with Gasteiger partial charge in [0.25, 0.3) is 0 Å². The molecule has 0 unspecified atom stereocenters. The number of imidazole rings is 1. The van der Waals surface area contributed by atoms with Gasteiger partial charge in [-0.25, -0.2) is 4.98 Å². The largest absolute Gasteiger partial charge is 0.325 e. The zero-order valence-corrected chi connectivity index (χ0v) is 9.02. The Balaban J connectivity index is 1.82. The van der Waals surface area contributed by atoms with Crippen molar-refractivity contribution in [1.29, 1.82) is 0 Å². The van der Waals surface area contributed by atoms with Crippen molar-refractivity contribution in [2.75, 3.05) is 18.8 Å². The number of piperidine rings is 1. The van der Waals surface area contributed by atoms with Gasteiger partial charge in [0.05, 0.1) is 5.69 Å². The summed E-state index contributed by atoms with van der Waals surface area (Å²) in [6.45, 7) is 3.46. The zero-order chi connectivity index (χ0) is 9.38. The van der Waals surface area contributed by atoms with Crippen molar-refractivity contribution in [3.05, 3.63) is 11.9 Å². The Labute approximate surface area is 88.3 Å². The Bertz CT molecular complexity index is 307. The third kappa shape index (κ3) is 1.46. The van der Waals surface area contributed by atoms with Crippen LogP contribution in [0.25, 0.3) is 0 Å². The molecule has 0 radical (unpaired) electrons. The van der Waals surface area contributed by atoms with Crippen molar-refractivity contribution >= 4 is 11.8 Å². The number of hydrogen-bond donors (Lipinski definition) is 1. The third-order valence-electron chi connectivity index (χ3n) is 3.08. The SMILES string of the molecule is c1c(C2CCNCC2)nc2n1CCS2. The average Bonchev–Trinajstić information content (AvgIpc) is 2.78. The van der Waals surface area contributed by atoms with Crippen molar-refractivity contribution < 1.29 is 0 Å². The van der Waals surface area contributed by atoms with Crippen LogP contribution in [0.3, 0.4) is 0 Å². The number of nitrogens with one attached hydrogen (secondary N) is 1. The molecule has 14 heavy (non-hydrogen) atoms. The van der Waals surface area contributed by atoms with Gasteiger partial charge in [0.15, 0.2) is 5.16 Å². The number of thioether (sulfide) groups is 1. The predicted molar refractivity (Wildman–Crippen MR) is 57.8 cm³/mol. The second kappa shape index (κ2) is 3.59. The van der Waals surface area contributed by atoms with Crippen LogP contribution < -0.4 is 5.32 Å². The van der Waals surface area contributed by atoms with Crippen molar-refractivity contribution in [2.45, 2.75) is 30.5 Å². The van der Waals surface area contributed by atoms with Gasteiger partial charge < -0.3 is 9.88 Å². The number of nitrogens with zero attached hydrogens (tertiary/aromatic N) is 2. The van der Waals surface area contributed by atoms with E-state index in [1.807, 2.05) is 11.8 Å². The molecule has 3 rings (SSSR count). The fourth-order valence-electron chi connectivity index (χ4n) is 2.24. The Morgan fingerprint density at radius 1 is 1.43 bits per heavy atom. The predicted octanol–water partition coefficient (Wildman–Crippen LogP) is 1.46. The molecule has 0 bridgehead atoms. The monoisotopic (exact) mass is 209 g/mol. The summed E-state index contributed by atoms with van der Waals surface area (Å²) in [6, 6.07) is 0. The van der Waals surface area contributed by atoms with E-state index in [2.05, 4.69) is 16.1 Å². The van der Waals surface area contributed by atoms with E-state index in [1.165, 1.54) is 29.4 Å². The number of aromatic nitrogens is 2. The van der Waals surface area contributed by atoms with Gasteiger partial charge in [0.2, 0.25) is 0 Å². The van der Waals surface area contributed by atoms with Crippen LogP contribution in [0.2, 0.25) is 0 Å². The van der Waals surface area contributed by atoms with Crippen molar-refractivity contribution in [2.24, 2.45) is 0 Å². The van der Waals surface area contributed by atoms with Crippen molar-refractivity contribution in [3.8, 4) is 0 Å². The van der Waals surface area contributed by atoms with E-state index < -0.39 is 0 Å². The first kappa shape index (κ1) is 8.80. The smallest absolute Gasteiger partial charge is 0.168 e. The van der Waals surface area contributed by atoms with Gasteiger partial charge in [-0.3, -0.25) is 0 Å². The number of hydrogen-bond acceptors (Lipinski definition) is 3. The average molecular weight is 209 g/mol. The summed E-state index contributed by atoms with van der Waals surface area (Å²) in [6.07, 6.45) is 4.77. The topological polar surface area (TPSA) is 29.9 Å². The van der Waals surface area contributed by atoms with Gasteiger partial charge in [-0.05, 0) is 25.9 Å². The van der Waals surface area contributed by atoms with Gasteiger partial charge in [-0.2, -0.15) is 0 Å². The highest BCUT2D eigenvalue weighted by molar-refractivity contribution is 7.99. The summed E-state index contributed by atoms with van der Waals surface area (Å²) in [5, 5.41) is 4.63. The minimum Gasteiger partial charge on any atom is -0.325 e. The van der Waals surface area contributed by atoms with Gasteiger partial charge in [0.1, 0.15) is 0 Å². The van der Waals surface area contributed by atoms with Crippen molar-refractivity contribution in [3.63, 3.8) is 0 Å². The van der Waals surface area contributed by atoms with E-state index in [0.717, 1.165) is 19.6 Å². The summed E-state index contributed by atoms with van der Waals surface area (Å²) in [4.78, 5) is 4.71. The minimum atomic E-state index is 0.704. The number of rotatable bonds is 1. The maximum atomic E-state index is 4.71. The highest BCUT2D eigenvalue weighted by Crippen LogP contribution is 2.30. The number of aryl methyl sites for hydroxylation is 1. The van der Waals surface area contributed by atoms with E-state index in [4.69, 9.17) is 4.98 Å². The summed E-state index contributed by atoms with van der Waals surface area (Å²) >= 11 is 1.89.